The van der Waals surface area contributed by atoms with Crippen molar-refractivity contribution in [2.24, 2.45) is 17.8 Å². The van der Waals surface area contributed by atoms with Crippen LogP contribution < -0.4 is 0 Å². The predicted octanol–water partition coefficient (Wildman–Crippen LogP) is 1.33. The zero-order valence-electron chi connectivity index (χ0n) is 8.11. The lowest BCUT2D eigenvalue weighted by Gasteiger charge is -2.49. The number of aliphatic hydroxyl groups is 2. The summed E-state index contributed by atoms with van der Waals surface area (Å²) in [7, 11) is 0. The third-order valence-electron chi connectivity index (χ3n) is 3.85. The van der Waals surface area contributed by atoms with E-state index in [1.807, 2.05) is 6.92 Å². The molecule has 0 saturated heterocycles. The van der Waals surface area contributed by atoms with Gasteiger partial charge >= 0.3 is 0 Å². The van der Waals surface area contributed by atoms with Crippen LogP contribution in [-0.4, -0.2) is 22.4 Å². The first-order valence-corrected chi connectivity index (χ1v) is 5.12. The van der Waals surface area contributed by atoms with Gasteiger partial charge in [0, 0.05) is 0 Å². The molecule has 74 valence electrons. The molecule has 13 heavy (non-hydrogen) atoms. The number of allylic oxidation sites excluding steroid dienone is 1. The molecular formula is C11H18O2. The van der Waals surface area contributed by atoms with Crippen molar-refractivity contribution in [2.45, 2.75) is 38.4 Å². The second-order valence-electron chi connectivity index (χ2n) is 4.67. The van der Waals surface area contributed by atoms with Crippen LogP contribution in [0.4, 0.5) is 0 Å². The predicted molar refractivity (Wildman–Crippen MR) is 51.1 cm³/mol. The van der Waals surface area contributed by atoms with Gasteiger partial charge in [-0.05, 0) is 43.9 Å². The SMILES string of the molecule is C=C(C)C1CC2CCC1C(O)C2O. The maximum absolute atomic E-state index is 9.80. The zero-order chi connectivity index (χ0) is 9.59. The van der Waals surface area contributed by atoms with Crippen molar-refractivity contribution in [3.8, 4) is 0 Å². The Morgan fingerprint density at radius 2 is 1.92 bits per heavy atom. The van der Waals surface area contributed by atoms with Crippen LogP contribution in [0.2, 0.25) is 0 Å². The van der Waals surface area contributed by atoms with Gasteiger partial charge in [-0.15, -0.1) is 0 Å². The summed E-state index contributed by atoms with van der Waals surface area (Å²) >= 11 is 0. The summed E-state index contributed by atoms with van der Waals surface area (Å²) in [4.78, 5) is 0. The average Bonchev–Trinajstić information content (AvgIpc) is 2.12. The summed E-state index contributed by atoms with van der Waals surface area (Å²) in [5, 5.41) is 19.5. The van der Waals surface area contributed by atoms with Crippen LogP contribution in [0.5, 0.6) is 0 Å². The molecule has 0 aromatic rings. The van der Waals surface area contributed by atoms with E-state index in [4.69, 9.17) is 0 Å². The fourth-order valence-corrected chi connectivity index (χ4v) is 3.04. The summed E-state index contributed by atoms with van der Waals surface area (Å²) in [6.45, 7) is 6.00. The first-order chi connectivity index (χ1) is 6.11. The molecule has 3 rings (SSSR count). The Balaban J connectivity index is 2.18. The molecule has 2 nitrogen and oxygen atoms in total. The van der Waals surface area contributed by atoms with Crippen LogP contribution in [0.1, 0.15) is 26.2 Å². The molecule has 3 aliphatic carbocycles. The Morgan fingerprint density at radius 1 is 1.23 bits per heavy atom. The van der Waals surface area contributed by atoms with Gasteiger partial charge in [0.15, 0.2) is 0 Å². The molecule has 3 aliphatic rings. The Hall–Kier alpha value is -0.340. The van der Waals surface area contributed by atoms with Crippen molar-refractivity contribution < 1.29 is 10.2 Å². The maximum Gasteiger partial charge on any atom is 0.0835 e. The molecule has 2 heteroatoms. The largest absolute Gasteiger partial charge is 0.390 e. The third kappa shape index (κ3) is 1.32. The molecule has 3 saturated carbocycles. The van der Waals surface area contributed by atoms with E-state index in [0.29, 0.717) is 11.8 Å². The number of aliphatic hydroxyl groups excluding tert-OH is 2. The smallest absolute Gasteiger partial charge is 0.0835 e. The Kier molecular flexibility index (Phi) is 2.20. The molecule has 5 unspecified atom stereocenters. The Morgan fingerprint density at radius 3 is 2.46 bits per heavy atom. The first kappa shape index (κ1) is 9.22. The van der Waals surface area contributed by atoms with Gasteiger partial charge in [0.2, 0.25) is 0 Å². The monoisotopic (exact) mass is 182 g/mol. The third-order valence-corrected chi connectivity index (χ3v) is 3.85. The highest BCUT2D eigenvalue weighted by Gasteiger charge is 2.47. The summed E-state index contributed by atoms with van der Waals surface area (Å²) in [5.41, 5.74) is 1.17. The van der Waals surface area contributed by atoms with E-state index < -0.39 is 12.2 Å². The van der Waals surface area contributed by atoms with Gasteiger partial charge < -0.3 is 10.2 Å². The average molecular weight is 182 g/mol. The topological polar surface area (TPSA) is 40.5 Å². The maximum atomic E-state index is 9.80. The van der Waals surface area contributed by atoms with Crippen LogP contribution in [0.15, 0.2) is 12.2 Å². The van der Waals surface area contributed by atoms with Gasteiger partial charge in [-0.3, -0.25) is 0 Å². The molecule has 2 N–H and O–H groups in total. The van der Waals surface area contributed by atoms with Crippen molar-refractivity contribution in [1.82, 2.24) is 0 Å². The molecule has 0 amide bonds. The van der Waals surface area contributed by atoms with Crippen LogP contribution in [0.3, 0.4) is 0 Å². The van der Waals surface area contributed by atoms with Gasteiger partial charge in [-0.2, -0.15) is 0 Å². The molecule has 5 atom stereocenters. The number of fused-ring (bicyclic) bond motifs is 3. The number of hydrogen-bond acceptors (Lipinski definition) is 2. The van der Waals surface area contributed by atoms with Crippen molar-refractivity contribution in [2.75, 3.05) is 0 Å². The van der Waals surface area contributed by atoms with Crippen LogP contribution in [0.25, 0.3) is 0 Å². The lowest BCUT2D eigenvalue weighted by molar-refractivity contribution is -0.125. The van der Waals surface area contributed by atoms with E-state index in [1.165, 1.54) is 5.57 Å². The highest BCUT2D eigenvalue weighted by Crippen LogP contribution is 2.47. The molecule has 0 aromatic heterocycles. The molecule has 0 aliphatic heterocycles. The number of hydrogen-bond donors (Lipinski definition) is 2. The van der Waals surface area contributed by atoms with Gasteiger partial charge in [0.25, 0.3) is 0 Å². The molecule has 2 bridgehead atoms. The Bertz CT molecular complexity index is 222. The van der Waals surface area contributed by atoms with E-state index in [0.717, 1.165) is 19.3 Å². The second-order valence-corrected chi connectivity index (χ2v) is 4.67. The highest BCUT2D eigenvalue weighted by atomic mass is 16.3. The van der Waals surface area contributed by atoms with Gasteiger partial charge in [-0.1, -0.05) is 12.2 Å². The summed E-state index contributed by atoms with van der Waals surface area (Å²) in [5.74, 6) is 1.01. The standard InChI is InChI=1S/C11H18O2/c1-6(2)9-5-7-3-4-8(9)11(13)10(7)12/h7-13H,1,3-5H2,2H3. The quantitative estimate of drug-likeness (QED) is 0.601. The minimum atomic E-state index is -0.505. The zero-order valence-corrected chi connectivity index (χ0v) is 8.11. The fourth-order valence-electron chi connectivity index (χ4n) is 3.04. The molecule has 0 radical (unpaired) electrons. The van der Waals surface area contributed by atoms with E-state index in [1.54, 1.807) is 0 Å². The minimum Gasteiger partial charge on any atom is -0.390 e. The lowest BCUT2D eigenvalue weighted by Crippen LogP contribution is -2.52. The van der Waals surface area contributed by atoms with Gasteiger partial charge in [0.1, 0.15) is 0 Å². The van der Waals surface area contributed by atoms with Crippen LogP contribution >= 0.6 is 0 Å². The summed E-state index contributed by atoms with van der Waals surface area (Å²) in [6.07, 6.45) is 2.18. The molecule has 0 aromatic carbocycles. The minimum absolute atomic E-state index is 0.262. The Labute approximate surface area is 79.3 Å². The summed E-state index contributed by atoms with van der Waals surface area (Å²) in [6, 6.07) is 0. The normalized spacial score (nSPS) is 49.3. The molecule has 0 heterocycles. The number of rotatable bonds is 1. The summed E-state index contributed by atoms with van der Waals surface area (Å²) < 4.78 is 0. The fraction of sp³-hybridized carbons (Fsp3) is 0.818. The van der Waals surface area contributed by atoms with E-state index in [2.05, 4.69) is 6.58 Å². The van der Waals surface area contributed by atoms with Crippen molar-refractivity contribution in [1.29, 1.82) is 0 Å². The second kappa shape index (κ2) is 3.10. The van der Waals surface area contributed by atoms with Gasteiger partial charge in [-0.25, -0.2) is 0 Å². The highest BCUT2D eigenvalue weighted by molar-refractivity contribution is 5.08. The van der Waals surface area contributed by atoms with Crippen LogP contribution in [-0.2, 0) is 0 Å². The molecule has 0 spiro atoms. The molecule has 3 fully saturated rings. The van der Waals surface area contributed by atoms with Gasteiger partial charge in [0.05, 0.1) is 12.2 Å². The molecular weight excluding hydrogens is 164 g/mol. The van der Waals surface area contributed by atoms with E-state index in [9.17, 15) is 10.2 Å². The lowest BCUT2D eigenvalue weighted by atomic mass is 9.60. The van der Waals surface area contributed by atoms with Crippen molar-refractivity contribution in [3.63, 3.8) is 0 Å². The van der Waals surface area contributed by atoms with Crippen molar-refractivity contribution in [3.05, 3.63) is 12.2 Å². The van der Waals surface area contributed by atoms with E-state index in [-0.39, 0.29) is 5.92 Å². The van der Waals surface area contributed by atoms with Crippen LogP contribution in [0, 0.1) is 17.8 Å². The first-order valence-electron chi connectivity index (χ1n) is 5.12. The van der Waals surface area contributed by atoms with E-state index >= 15 is 0 Å². The van der Waals surface area contributed by atoms with Crippen molar-refractivity contribution >= 4 is 0 Å².